The van der Waals surface area contributed by atoms with Crippen molar-refractivity contribution in [3.8, 4) is 0 Å². The van der Waals surface area contributed by atoms with Gasteiger partial charge in [-0.2, -0.15) is 0 Å². The summed E-state index contributed by atoms with van der Waals surface area (Å²) in [5.41, 5.74) is 1.00. The van der Waals surface area contributed by atoms with Crippen molar-refractivity contribution >= 4 is 0 Å². The quantitative estimate of drug-likeness (QED) is 0.898. The molecule has 1 saturated carbocycles. The molecule has 0 bridgehead atoms. The molecule has 3 rings (SSSR count). The summed E-state index contributed by atoms with van der Waals surface area (Å²) in [4.78, 5) is 2.48. The summed E-state index contributed by atoms with van der Waals surface area (Å²) in [5.74, 6) is -0.166. The van der Waals surface area contributed by atoms with Crippen molar-refractivity contribution in [1.82, 2.24) is 10.2 Å². The van der Waals surface area contributed by atoms with Crippen LogP contribution in [0.3, 0.4) is 0 Å². The number of aliphatic hydroxyl groups excluding tert-OH is 1. The van der Waals surface area contributed by atoms with Crippen molar-refractivity contribution in [3.05, 3.63) is 35.6 Å². The molecule has 22 heavy (non-hydrogen) atoms. The van der Waals surface area contributed by atoms with E-state index >= 15 is 0 Å². The molecular formula is C18H27FN2O. The highest BCUT2D eigenvalue weighted by molar-refractivity contribution is 5.16. The Bertz CT molecular complexity index is 474. The average molecular weight is 306 g/mol. The number of rotatable bonds is 4. The van der Waals surface area contributed by atoms with Crippen LogP contribution in [0.2, 0.25) is 0 Å². The minimum Gasteiger partial charge on any atom is -0.391 e. The number of halogens is 1. The van der Waals surface area contributed by atoms with Gasteiger partial charge in [-0.1, -0.05) is 25.0 Å². The molecule has 0 aromatic heterocycles. The number of aliphatic hydroxyl groups is 1. The highest BCUT2D eigenvalue weighted by atomic mass is 19.1. The molecule has 1 aromatic rings. The van der Waals surface area contributed by atoms with Crippen LogP contribution in [0.25, 0.3) is 0 Å². The van der Waals surface area contributed by atoms with E-state index in [1.807, 2.05) is 6.07 Å². The molecule has 1 aromatic carbocycles. The first-order valence-corrected chi connectivity index (χ1v) is 8.62. The van der Waals surface area contributed by atoms with Crippen molar-refractivity contribution in [3.63, 3.8) is 0 Å². The van der Waals surface area contributed by atoms with Gasteiger partial charge in [-0.15, -0.1) is 0 Å². The predicted octanol–water partition coefficient (Wildman–Crippen LogP) is 2.68. The molecule has 2 fully saturated rings. The fraction of sp³-hybridized carbons (Fsp3) is 0.667. The lowest BCUT2D eigenvalue weighted by molar-refractivity contribution is 0.00714. The number of hydrogen-bond acceptors (Lipinski definition) is 3. The number of likely N-dealkylation sites (tertiary alicyclic amines) is 1. The largest absolute Gasteiger partial charge is 0.391 e. The van der Waals surface area contributed by atoms with Crippen LogP contribution in [0, 0.1) is 5.82 Å². The SMILES string of the molecule is OC1CCCCC1N1CCC(NCc2cccc(F)c2)CC1. The third-order valence-electron chi connectivity index (χ3n) is 5.18. The Balaban J connectivity index is 1.43. The summed E-state index contributed by atoms with van der Waals surface area (Å²) < 4.78 is 13.2. The first kappa shape index (κ1) is 15.9. The van der Waals surface area contributed by atoms with Gasteiger partial charge >= 0.3 is 0 Å². The van der Waals surface area contributed by atoms with E-state index in [1.54, 1.807) is 12.1 Å². The molecule has 2 atom stereocenters. The zero-order valence-corrected chi connectivity index (χ0v) is 13.2. The summed E-state index contributed by atoms with van der Waals surface area (Å²) in [7, 11) is 0. The van der Waals surface area contributed by atoms with Crippen molar-refractivity contribution in [2.75, 3.05) is 13.1 Å². The average Bonchev–Trinajstić information content (AvgIpc) is 2.54. The monoisotopic (exact) mass is 306 g/mol. The molecule has 2 N–H and O–H groups in total. The molecular weight excluding hydrogens is 279 g/mol. The lowest BCUT2D eigenvalue weighted by atomic mass is 9.89. The second kappa shape index (κ2) is 7.53. The normalized spacial score (nSPS) is 27.9. The van der Waals surface area contributed by atoms with Crippen LogP contribution >= 0.6 is 0 Å². The van der Waals surface area contributed by atoms with E-state index < -0.39 is 0 Å². The first-order valence-electron chi connectivity index (χ1n) is 8.62. The summed E-state index contributed by atoms with van der Waals surface area (Å²) in [6.45, 7) is 2.85. The van der Waals surface area contributed by atoms with Gasteiger partial charge in [-0.05, 0) is 43.4 Å². The van der Waals surface area contributed by atoms with Crippen molar-refractivity contribution < 1.29 is 9.50 Å². The summed E-state index contributed by atoms with van der Waals surface area (Å²) in [5, 5.41) is 13.7. The Kier molecular flexibility index (Phi) is 5.45. The topological polar surface area (TPSA) is 35.5 Å². The van der Waals surface area contributed by atoms with E-state index in [0.717, 1.165) is 50.9 Å². The highest BCUT2D eigenvalue weighted by Gasteiger charge is 2.31. The number of nitrogens with zero attached hydrogens (tertiary/aromatic N) is 1. The molecule has 1 saturated heterocycles. The van der Waals surface area contributed by atoms with Crippen molar-refractivity contribution in [2.45, 2.75) is 63.3 Å². The number of nitrogens with one attached hydrogen (secondary N) is 1. The maximum absolute atomic E-state index is 13.2. The number of piperidine rings is 1. The van der Waals surface area contributed by atoms with Gasteiger partial charge in [-0.3, -0.25) is 4.90 Å². The Morgan fingerprint density at radius 2 is 1.91 bits per heavy atom. The molecule has 4 heteroatoms. The molecule has 1 aliphatic carbocycles. The molecule has 2 aliphatic rings. The van der Waals surface area contributed by atoms with Crippen molar-refractivity contribution in [2.24, 2.45) is 0 Å². The van der Waals surface area contributed by atoms with E-state index in [9.17, 15) is 9.50 Å². The van der Waals surface area contributed by atoms with Gasteiger partial charge in [0.25, 0.3) is 0 Å². The Morgan fingerprint density at radius 3 is 2.64 bits per heavy atom. The lowest BCUT2D eigenvalue weighted by Crippen LogP contribution is -2.51. The van der Waals surface area contributed by atoms with Crippen LogP contribution < -0.4 is 5.32 Å². The van der Waals surface area contributed by atoms with E-state index in [4.69, 9.17) is 0 Å². The van der Waals surface area contributed by atoms with Crippen molar-refractivity contribution in [1.29, 1.82) is 0 Å². The molecule has 122 valence electrons. The minimum absolute atomic E-state index is 0.134. The molecule has 0 spiro atoms. The maximum atomic E-state index is 13.2. The first-order chi connectivity index (χ1) is 10.7. The molecule has 1 aliphatic heterocycles. The smallest absolute Gasteiger partial charge is 0.123 e. The number of hydrogen-bond donors (Lipinski definition) is 2. The van der Waals surface area contributed by atoms with E-state index in [1.165, 1.54) is 18.9 Å². The highest BCUT2D eigenvalue weighted by Crippen LogP contribution is 2.25. The molecule has 2 unspecified atom stereocenters. The van der Waals surface area contributed by atoms with Crippen LogP contribution in [0.5, 0.6) is 0 Å². The van der Waals surface area contributed by atoms with Crippen LogP contribution in [-0.2, 0) is 6.54 Å². The summed E-state index contributed by atoms with van der Waals surface area (Å²) >= 11 is 0. The second-order valence-electron chi connectivity index (χ2n) is 6.74. The van der Waals surface area contributed by atoms with Gasteiger partial charge in [0.1, 0.15) is 5.82 Å². The van der Waals surface area contributed by atoms with Gasteiger partial charge < -0.3 is 10.4 Å². The van der Waals surface area contributed by atoms with E-state index in [2.05, 4.69) is 10.2 Å². The lowest BCUT2D eigenvalue weighted by Gasteiger charge is -2.41. The molecule has 0 radical (unpaired) electrons. The Labute approximate surface area is 132 Å². The Hall–Kier alpha value is -0.970. The third-order valence-corrected chi connectivity index (χ3v) is 5.18. The van der Waals surface area contributed by atoms with Crippen LogP contribution in [0.4, 0.5) is 4.39 Å². The summed E-state index contributed by atoms with van der Waals surface area (Å²) in [6, 6.07) is 7.68. The van der Waals surface area contributed by atoms with Gasteiger partial charge in [0.2, 0.25) is 0 Å². The predicted molar refractivity (Wildman–Crippen MR) is 86.1 cm³/mol. The second-order valence-corrected chi connectivity index (χ2v) is 6.74. The molecule has 0 amide bonds. The van der Waals surface area contributed by atoms with E-state index in [-0.39, 0.29) is 11.9 Å². The zero-order chi connectivity index (χ0) is 15.4. The summed E-state index contributed by atoms with van der Waals surface area (Å²) in [6.07, 6.45) is 6.61. The van der Waals surface area contributed by atoms with E-state index in [0.29, 0.717) is 12.1 Å². The fourth-order valence-corrected chi connectivity index (χ4v) is 3.86. The van der Waals surface area contributed by atoms with Gasteiger partial charge in [-0.25, -0.2) is 4.39 Å². The van der Waals surface area contributed by atoms with Crippen LogP contribution in [-0.4, -0.2) is 41.3 Å². The van der Waals surface area contributed by atoms with Gasteiger partial charge in [0.05, 0.1) is 6.10 Å². The van der Waals surface area contributed by atoms with Gasteiger partial charge in [0, 0.05) is 31.7 Å². The fourth-order valence-electron chi connectivity index (χ4n) is 3.86. The van der Waals surface area contributed by atoms with Gasteiger partial charge in [0.15, 0.2) is 0 Å². The van der Waals surface area contributed by atoms with Crippen LogP contribution in [0.15, 0.2) is 24.3 Å². The number of benzene rings is 1. The third kappa shape index (κ3) is 4.06. The molecule has 1 heterocycles. The molecule has 3 nitrogen and oxygen atoms in total. The zero-order valence-electron chi connectivity index (χ0n) is 13.2. The van der Waals surface area contributed by atoms with Crippen LogP contribution in [0.1, 0.15) is 44.1 Å². The standard InChI is InChI=1S/C18H27FN2O/c19-15-5-3-4-14(12-15)13-20-16-8-10-21(11-9-16)17-6-1-2-7-18(17)22/h3-5,12,16-18,20,22H,1-2,6-11,13H2. The Morgan fingerprint density at radius 1 is 1.14 bits per heavy atom. The minimum atomic E-state index is -0.166. The maximum Gasteiger partial charge on any atom is 0.123 e.